The maximum atomic E-state index is 12.2. The first-order valence-electron chi connectivity index (χ1n) is 8.02. The molecule has 0 spiro atoms. The van der Waals surface area contributed by atoms with E-state index in [2.05, 4.69) is 26.1 Å². The largest absolute Gasteiger partial charge is 0.495 e. The highest BCUT2D eigenvalue weighted by atomic mass is 32.1. The van der Waals surface area contributed by atoms with E-state index in [1.807, 2.05) is 24.3 Å². The van der Waals surface area contributed by atoms with E-state index in [1.54, 1.807) is 30.3 Å². The maximum absolute atomic E-state index is 12.2. The van der Waals surface area contributed by atoms with E-state index in [0.717, 1.165) is 11.3 Å². The van der Waals surface area contributed by atoms with Crippen LogP contribution in [0, 0.1) is 0 Å². The SMILES string of the molecule is COc1ccccc1NC(=O)NCc1nnc(C(=O)Nc2ccccc2)s1. The van der Waals surface area contributed by atoms with Crippen molar-refractivity contribution in [3.05, 3.63) is 64.6 Å². The summed E-state index contributed by atoms with van der Waals surface area (Å²) in [5.41, 5.74) is 1.23. The number of ether oxygens (including phenoxy) is 1. The molecule has 138 valence electrons. The molecule has 1 heterocycles. The van der Waals surface area contributed by atoms with Crippen molar-refractivity contribution in [1.82, 2.24) is 15.5 Å². The lowest BCUT2D eigenvalue weighted by molar-refractivity contribution is 0.102. The molecular weight excluding hydrogens is 366 g/mol. The fourth-order valence-corrected chi connectivity index (χ4v) is 2.87. The number of benzene rings is 2. The summed E-state index contributed by atoms with van der Waals surface area (Å²) in [6, 6.07) is 15.7. The molecule has 27 heavy (non-hydrogen) atoms. The molecule has 3 aromatic rings. The van der Waals surface area contributed by atoms with Crippen LogP contribution in [-0.4, -0.2) is 29.2 Å². The van der Waals surface area contributed by atoms with Crippen LogP contribution in [0.5, 0.6) is 5.75 Å². The molecule has 1 aromatic heterocycles. The zero-order valence-corrected chi connectivity index (χ0v) is 15.2. The Kier molecular flexibility index (Phi) is 5.95. The third kappa shape index (κ3) is 5.02. The average molecular weight is 383 g/mol. The van der Waals surface area contributed by atoms with Crippen LogP contribution in [0.4, 0.5) is 16.2 Å². The molecule has 0 aliphatic carbocycles. The summed E-state index contributed by atoms with van der Waals surface area (Å²) in [5.74, 6) is 0.215. The number of nitrogens with zero attached hydrogens (tertiary/aromatic N) is 2. The lowest BCUT2D eigenvalue weighted by atomic mass is 10.3. The average Bonchev–Trinajstić information content (AvgIpc) is 3.17. The molecule has 3 N–H and O–H groups in total. The fourth-order valence-electron chi connectivity index (χ4n) is 2.19. The number of aromatic nitrogens is 2. The molecule has 0 radical (unpaired) electrons. The Hall–Kier alpha value is -3.46. The summed E-state index contributed by atoms with van der Waals surface area (Å²) >= 11 is 1.11. The lowest BCUT2D eigenvalue weighted by Crippen LogP contribution is -2.28. The second-order valence-electron chi connectivity index (χ2n) is 5.33. The van der Waals surface area contributed by atoms with Gasteiger partial charge in [0.05, 0.1) is 19.3 Å². The summed E-state index contributed by atoms with van der Waals surface area (Å²) in [7, 11) is 1.53. The van der Waals surface area contributed by atoms with Gasteiger partial charge in [-0.05, 0) is 24.3 Å². The van der Waals surface area contributed by atoms with Crippen molar-refractivity contribution in [3.63, 3.8) is 0 Å². The number of carbonyl (C=O) groups excluding carboxylic acids is 2. The van der Waals surface area contributed by atoms with E-state index >= 15 is 0 Å². The number of anilines is 2. The van der Waals surface area contributed by atoms with Gasteiger partial charge in [-0.25, -0.2) is 4.79 Å². The highest BCUT2D eigenvalue weighted by molar-refractivity contribution is 7.13. The maximum Gasteiger partial charge on any atom is 0.319 e. The first-order chi connectivity index (χ1) is 13.2. The highest BCUT2D eigenvalue weighted by Gasteiger charge is 2.14. The van der Waals surface area contributed by atoms with Crippen LogP contribution < -0.4 is 20.7 Å². The molecule has 8 nitrogen and oxygen atoms in total. The number of hydrogen-bond acceptors (Lipinski definition) is 6. The van der Waals surface area contributed by atoms with Gasteiger partial charge in [-0.15, -0.1) is 10.2 Å². The van der Waals surface area contributed by atoms with Gasteiger partial charge in [0.2, 0.25) is 5.01 Å². The highest BCUT2D eigenvalue weighted by Crippen LogP contribution is 2.22. The zero-order valence-electron chi connectivity index (χ0n) is 14.4. The molecule has 2 aromatic carbocycles. The van der Waals surface area contributed by atoms with Gasteiger partial charge in [0.15, 0.2) is 0 Å². The van der Waals surface area contributed by atoms with Crippen molar-refractivity contribution in [2.75, 3.05) is 17.7 Å². The molecule has 0 fully saturated rings. The van der Waals surface area contributed by atoms with Crippen molar-refractivity contribution >= 4 is 34.6 Å². The van der Waals surface area contributed by atoms with Gasteiger partial charge in [0, 0.05) is 5.69 Å². The third-order valence-electron chi connectivity index (χ3n) is 3.45. The zero-order chi connectivity index (χ0) is 19.1. The first-order valence-corrected chi connectivity index (χ1v) is 8.84. The fraction of sp³-hybridized carbons (Fsp3) is 0.111. The van der Waals surface area contributed by atoms with Crippen LogP contribution in [0.2, 0.25) is 0 Å². The van der Waals surface area contributed by atoms with Gasteiger partial charge in [-0.1, -0.05) is 41.7 Å². The summed E-state index contributed by atoms with van der Waals surface area (Å²) in [6.07, 6.45) is 0. The molecule has 0 saturated carbocycles. The molecule has 3 rings (SSSR count). The number of hydrogen-bond donors (Lipinski definition) is 3. The van der Waals surface area contributed by atoms with Crippen molar-refractivity contribution in [2.45, 2.75) is 6.54 Å². The molecule has 0 aliphatic heterocycles. The van der Waals surface area contributed by atoms with Crippen LogP contribution >= 0.6 is 11.3 Å². The number of para-hydroxylation sites is 3. The summed E-state index contributed by atoms with van der Waals surface area (Å²) in [5, 5.41) is 16.6. The quantitative estimate of drug-likeness (QED) is 0.606. The number of amides is 3. The number of urea groups is 1. The van der Waals surface area contributed by atoms with E-state index in [0.29, 0.717) is 22.1 Å². The van der Waals surface area contributed by atoms with Gasteiger partial charge in [0.1, 0.15) is 10.8 Å². The van der Waals surface area contributed by atoms with E-state index in [-0.39, 0.29) is 17.5 Å². The monoisotopic (exact) mass is 383 g/mol. The minimum atomic E-state index is -0.412. The van der Waals surface area contributed by atoms with Gasteiger partial charge < -0.3 is 20.7 Å². The van der Waals surface area contributed by atoms with Crippen LogP contribution in [0.3, 0.4) is 0 Å². The third-order valence-corrected chi connectivity index (χ3v) is 4.37. The van der Waals surface area contributed by atoms with Crippen molar-refractivity contribution in [2.24, 2.45) is 0 Å². The topological polar surface area (TPSA) is 105 Å². The molecule has 0 aliphatic rings. The Morgan fingerprint density at radius 3 is 2.52 bits per heavy atom. The molecule has 9 heteroatoms. The normalized spacial score (nSPS) is 10.1. The number of methoxy groups -OCH3 is 1. The molecule has 0 unspecified atom stereocenters. The van der Waals surface area contributed by atoms with Gasteiger partial charge in [-0.2, -0.15) is 0 Å². The smallest absolute Gasteiger partial charge is 0.319 e. The van der Waals surface area contributed by atoms with Crippen LogP contribution in [-0.2, 0) is 6.54 Å². The predicted molar refractivity (Wildman–Crippen MR) is 103 cm³/mol. The minimum Gasteiger partial charge on any atom is -0.495 e. The van der Waals surface area contributed by atoms with Gasteiger partial charge in [0.25, 0.3) is 5.91 Å². The minimum absolute atomic E-state index is 0.150. The second-order valence-corrected chi connectivity index (χ2v) is 6.39. The number of rotatable bonds is 6. The van der Waals surface area contributed by atoms with E-state index < -0.39 is 6.03 Å². The van der Waals surface area contributed by atoms with E-state index in [9.17, 15) is 9.59 Å². The number of carbonyl (C=O) groups is 2. The van der Waals surface area contributed by atoms with E-state index in [1.165, 1.54) is 7.11 Å². The molecule has 0 bridgehead atoms. The summed E-state index contributed by atoms with van der Waals surface area (Å²) in [4.78, 5) is 24.2. The van der Waals surface area contributed by atoms with Gasteiger partial charge in [-0.3, -0.25) is 4.79 Å². The Labute approximate surface area is 159 Å². The molecule has 0 atom stereocenters. The lowest BCUT2D eigenvalue weighted by Gasteiger charge is -2.10. The van der Waals surface area contributed by atoms with Crippen LogP contribution in [0.15, 0.2) is 54.6 Å². The Balaban J connectivity index is 1.53. The molecular formula is C18H17N5O3S. The van der Waals surface area contributed by atoms with Crippen molar-refractivity contribution < 1.29 is 14.3 Å². The second kappa shape index (κ2) is 8.77. The number of nitrogens with one attached hydrogen (secondary N) is 3. The Bertz CT molecular complexity index is 930. The summed E-state index contributed by atoms with van der Waals surface area (Å²) < 4.78 is 5.18. The predicted octanol–water partition coefficient (Wildman–Crippen LogP) is 3.12. The van der Waals surface area contributed by atoms with Crippen molar-refractivity contribution in [3.8, 4) is 5.75 Å². The standard InChI is InChI=1S/C18H17N5O3S/c1-26-14-10-6-5-9-13(14)21-18(25)19-11-15-22-23-17(27-15)16(24)20-12-7-3-2-4-8-12/h2-10H,11H2,1H3,(H,20,24)(H2,19,21,25). The van der Waals surface area contributed by atoms with Crippen LogP contribution in [0.1, 0.15) is 14.8 Å². The van der Waals surface area contributed by atoms with E-state index in [4.69, 9.17) is 4.74 Å². The van der Waals surface area contributed by atoms with Crippen LogP contribution in [0.25, 0.3) is 0 Å². The summed E-state index contributed by atoms with van der Waals surface area (Å²) in [6.45, 7) is 0.150. The van der Waals surface area contributed by atoms with Crippen molar-refractivity contribution in [1.29, 1.82) is 0 Å². The first kappa shape index (κ1) is 18.3. The molecule has 0 saturated heterocycles. The Morgan fingerprint density at radius 1 is 1.00 bits per heavy atom. The van der Waals surface area contributed by atoms with Gasteiger partial charge >= 0.3 is 6.03 Å². The Morgan fingerprint density at radius 2 is 1.74 bits per heavy atom. The molecule has 3 amide bonds.